The van der Waals surface area contributed by atoms with Gasteiger partial charge in [-0.25, -0.2) is 13.2 Å². The summed E-state index contributed by atoms with van der Waals surface area (Å²) in [6.45, 7) is 0.575. The number of carbonyl (C=O) groups is 1. The molecule has 2 heterocycles. The first-order valence-electron chi connectivity index (χ1n) is 7.37. The van der Waals surface area contributed by atoms with Crippen molar-refractivity contribution in [2.45, 2.75) is 4.90 Å². The molecule has 1 aromatic heterocycles. The van der Waals surface area contributed by atoms with E-state index in [0.29, 0.717) is 5.52 Å². The van der Waals surface area contributed by atoms with E-state index in [1.54, 1.807) is 12.1 Å². The number of carboxylic acid groups (broad SMARTS) is 1. The Kier molecular flexibility index (Phi) is 3.89. The molecule has 1 aliphatic heterocycles. The number of hydrogen-bond acceptors (Lipinski definition) is 8. The summed E-state index contributed by atoms with van der Waals surface area (Å²) in [5.74, 6) is -0.775. The third kappa shape index (κ3) is 2.80. The average molecular weight is 393 g/mol. The topological polar surface area (TPSA) is 128 Å². The Bertz CT molecular complexity index is 1130. The number of ether oxygens (including phenoxy) is 2. The van der Waals surface area contributed by atoms with Gasteiger partial charge >= 0.3 is 5.97 Å². The Balaban J connectivity index is 1.81. The van der Waals surface area contributed by atoms with E-state index in [-0.39, 0.29) is 46.4 Å². The van der Waals surface area contributed by atoms with Crippen LogP contribution in [0, 0.1) is 0 Å². The summed E-state index contributed by atoms with van der Waals surface area (Å²) in [5.41, 5.74) is 0.293. The lowest BCUT2D eigenvalue weighted by molar-refractivity contribution is 0.0697. The molecular formula is C15H11N3O6S2. The van der Waals surface area contributed by atoms with Crippen molar-refractivity contribution in [3.05, 3.63) is 35.9 Å². The predicted octanol–water partition coefficient (Wildman–Crippen LogP) is 1.96. The molecule has 26 heavy (non-hydrogen) atoms. The number of sulfonamides is 1. The van der Waals surface area contributed by atoms with Gasteiger partial charge in [-0.3, -0.25) is 4.72 Å². The molecule has 9 nitrogen and oxygen atoms in total. The van der Waals surface area contributed by atoms with Crippen LogP contribution >= 0.6 is 11.7 Å². The van der Waals surface area contributed by atoms with Crippen molar-refractivity contribution in [2.75, 3.05) is 17.9 Å². The molecule has 0 radical (unpaired) electrons. The second-order valence-corrected chi connectivity index (χ2v) is 7.52. The van der Waals surface area contributed by atoms with Gasteiger partial charge in [0, 0.05) is 12.1 Å². The minimum absolute atomic E-state index is 0.0880. The van der Waals surface area contributed by atoms with Crippen LogP contribution in [0.15, 0.2) is 35.2 Å². The first kappa shape index (κ1) is 16.5. The number of aromatic carboxylic acids is 1. The van der Waals surface area contributed by atoms with Gasteiger partial charge in [-0.1, -0.05) is 6.07 Å². The van der Waals surface area contributed by atoms with Crippen LogP contribution in [0.3, 0.4) is 0 Å². The molecule has 4 rings (SSSR count). The molecule has 0 amide bonds. The van der Waals surface area contributed by atoms with Crippen LogP contribution in [-0.2, 0) is 10.0 Å². The molecule has 0 bridgehead atoms. The first-order chi connectivity index (χ1) is 12.5. The molecule has 11 heteroatoms. The third-order valence-electron chi connectivity index (χ3n) is 3.70. The number of anilines is 1. The number of rotatable bonds is 4. The molecule has 2 aromatic carbocycles. The molecule has 1 aliphatic rings. The first-order valence-corrected chi connectivity index (χ1v) is 9.58. The van der Waals surface area contributed by atoms with E-state index in [4.69, 9.17) is 9.47 Å². The largest absolute Gasteiger partial charge is 0.486 e. The molecule has 0 spiro atoms. The van der Waals surface area contributed by atoms with Gasteiger partial charge in [0.1, 0.15) is 29.1 Å². The van der Waals surface area contributed by atoms with Crippen LogP contribution in [0.2, 0.25) is 0 Å². The van der Waals surface area contributed by atoms with E-state index < -0.39 is 16.0 Å². The Morgan fingerprint density at radius 1 is 1.15 bits per heavy atom. The van der Waals surface area contributed by atoms with Crippen molar-refractivity contribution >= 4 is 44.4 Å². The highest BCUT2D eigenvalue weighted by Gasteiger charge is 2.25. The lowest BCUT2D eigenvalue weighted by atomic mass is 10.1. The van der Waals surface area contributed by atoms with E-state index in [9.17, 15) is 18.3 Å². The SMILES string of the molecule is O=C(O)c1cc2c(cc1NS(=O)(=O)c1cccc3nsnc13)OCCO2. The number of aromatic nitrogens is 2. The molecule has 0 atom stereocenters. The van der Waals surface area contributed by atoms with Gasteiger partial charge < -0.3 is 14.6 Å². The van der Waals surface area contributed by atoms with Crippen LogP contribution in [0.1, 0.15) is 10.4 Å². The van der Waals surface area contributed by atoms with Gasteiger partial charge in [0.15, 0.2) is 11.5 Å². The molecule has 0 aliphatic carbocycles. The molecule has 0 fully saturated rings. The molecule has 2 N–H and O–H groups in total. The number of hydrogen-bond donors (Lipinski definition) is 2. The summed E-state index contributed by atoms with van der Waals surface area (Å²) >= 11 is 0.893. The van der Waals surface area contributed by atoms with Gasteiger partial charge in [0.05, 0.1) is 23.0 Å². The summed E-state index contributed by atoms with van der Waals surface area (Å²) < 4.78 is 46.7. The lowest BCUT2D eigenvalue weighted by Gasteiger charge is -2.20. The van der Waals surface area contributed by atoms with Gasteiger partial charge in [0.25, 0.3) is 10.0 Å². The van der Waals surface area contributed by atoms with Crippen LogP contribution < -0.4 is 14.2 Å². The Morgan fingerprint density at radius 2 is 1.88 bits per heavy atom. The molecule has 3 aromatic rings. The van der Waals surface area contributed by atoms with E-state index in [2.05, 4.69) is 13.5 Å². The van der Waals surface area contributed by atoms with Crippen LogP contribution in [0.4, 0.5) is 5.69 Å². The fourth-order valence-electron chi connectivity index (χ4n) is 2.55. The third-order valence-corrected chi connectivity index (χ3v) is 5.64. The van der Waals surface area contributed by atoms with Crippen molar-refractivity contribution in [2.24, 2.45) is 0 Å². The maximum absolute atomic E-state index is 12.8. The summed E-state index contributed by atoms with van der Waals surface area (Å²) in [7, 11) is -4.10. The van der Waals surface area contributed by atoms with Gasteiger partial charge in [0.2, 0.25) is 0 Å². The average Bonchev–Trinajstić information content (AvgIpc) is 3.09. The van der Waals surface area contributed by atoms with Crippen molar-refractivity contribution in [1.82, 2.24) is 8.75 Å². The van der Waals surface area contributed by atoms with Crippen LogP contribution in [-0.4, -0.2) is 41.5 Å². The monoisotopic (exact) mass is 393 g/mol. The summed E-state index contributed by atoms with van der Waals surface area (Å²) in [4.78, 5) is 11.5. The maximum Gasteiger partial charge on any atom is 0.337 e. The lowest BCUT2D eigenvalue weighted by Crippen LogP contribution is -2.19. The zero-order chi connectivity index (χ0) is 18.3. The zero-order valence-corrected chi connectivity index (χ0v) is 14.6. The minimum atomic E-state index is -4.10. The molecular weight excluding hydrogens is 382 g/mol. The Morgan fingerprint density at radius 3 is 2.62 bits per heavy atom. The highest BCUT2D eigenvalue weighted by atomic mass is 32.2. The van der Waals surface area contributed by atoms with Crippen molar-refractivity contribution in [1.29, 1.82) is 0 Å². The van der Waals surface area contributed by atoms with Crippen molar-refractivity contribution < 1.29 is 27.8 Å². The van der Waals surface area contributed by atoms with Crippen LogP contribution in [0.25, 0.3) is 11.0 Å². The van der Waals surface area contributed by atoms with E-state index in [1.165, 1.54) is 18.2 Å². The minimum Gasteiger partial charge on any atom is -0.486 e. The second-order valence-electron chi connectivity index (χ2n) is 5.34. The number of benzene rings is 2. The fraction of sp³-hybridized carbons (Fsp3) is 0.133. The van der Waals surface area contributed by atoms with Gasteiger partial charge in [-0.15, -0.1) is 0 Å². The number of fused-ring (bicyclic) bond motifs is 2. The molecule has 0 saturated carbocycles. The predicted molar refractivity (Wildman–Crippen MR) is 92.6 cm³/mol. The zero-order valence-electron chi connectivity index (χ0n) is 13.0. The Labute approximate surface area is 151 Å². The fourth-order valence-corrected chi connectivity index (χ4v) is 4.39. The number of nitrogens with one attached hydrogen (secondary N) is 1. The highest BCUT2D eigenvalue weighted by Crippen LogP contribution is 2.36. The van der Waals surface area contributed by atoms with E-state index in [0.717, 1.165) is 11.7 Å². The second kappa shape index (κ2) is 6.11. The smallest absolute Gasteiger partial charge is 0.337 e. The normalized spacial score (nSPS) is 13.5. The summed E-state index contributed by atoms with van der Waals surface area (Å²) in [6.07, 6.45) is 0. The van der Waals surface area contributed by atoms with E-state index in [1.807, 2.05) is 0 Å². The van der Waals surface area contributed by atoms with E-state index >= 15 is 0 Å². The van der Waals surface area contributed by atoms with Gasteiger partial charge in [-0.05, 0) is 12.1 Å². The molecule has 134 valence electrons. The molecule has 0 unspecified atom stereocenters. The number of carboxylic acids is 1. The molecule has 0 saturated heterocycles. The standard InChI is InChI=1S/C15H11N3O6S2/c19-15(20)8-6-11-12(24-5-4-23-11)7-10(8)18-26(21,22)13-3-1-2-9-14(13)17-25-16-9/h1-3,6-7,18H,4-5H2,(H,19,20). The number of nitrogens with zero attached hydrogens (tertiary/aromatic N) is 2. The Hall–Kier alpha value is -2.92. The maximum atomic E-state index is 12.8. The summed E-state index contributed by atoms with van der Waals surface area (Å²) in [5, 5.41) is 9.42. The highest BCUT2D eigenvalue weighted by molar-refractivity contribution is 7.93. The quantitative estimate of drug-likeness (QED) is 0.688. The van der Waals surface area contributed by atoms with Crippen molar-refractivity contribution in [3.63, 3.8) is 0 Å². The summed E-state index contributed by atoms with van der Waals surface area (Å²) in [6, 6.07) is 7.10. The van der Waals surface area contributed by atoms with Gasteiger partial charge in [-0.2, -0.15) is 8.75 Å². The van der Waals surface area contributed by atoms with Crippen molar-refractivity contribution in [3.8, 4) is 11.5 Å². The van der Waals surface area contributed by atoms with Crippen LogP contribution in [0.5, 0.6) is 11.5 Å².